The first-order valence-corrected chi connectivity index (χ1v) is 7.10. The lowest BCUT2D eigenvalue weighted by Crippen LogP contribution is -2.28. The topological polar surface area (TPSA) is 66.8 Å². The smallest absolute Gasteiger partial charge is 0.261 e. The summed E-state index contributed by atoms with van der Waals surface area (Å²) in [6, 6.07) is 13.6. The Kier molecular flexibility index (Phi) is 3.85. The van der Waals surface area contributed by atoms with Crippen molar-refractivity contribution in [2.75, 3.05) is 12.0 Å². The molecule has 1 heterocycles. The predicted molar refractivity (Wildman–Crippen MR) is 86.2 cm³/mol. The van der Waals surface area contributed by atoms with Gasteiger partial charge in [-0.25, -0.2) is 4.90 Å². The number of nitrogens with zero attached hydrogens (tertiary/aromatic N) is 1. The molecule has 1 aliphatic rings. The van der Waals surface area contributed by atoms with Gasteiger partial charge in [-0.3, -0.25) is 9.59 Å². The number of ether oxygens (including phenoxy) is 1. The Morgan fingerprint density at radius 1 is 1.13 bits per heavy atom. The van der Waals surface area contributed by atoms with Crippen LogP contribution in [0.3, 0.4) is 0 Å². The molecule has 0 saturated carbocycles. The van der Waals surface area contributed by atoms with E-state index in [2.05, 4.69) is 0 Å². The fourth-order valence-electron chi connectivity index (χ4n) is 2.51. The van der Waals surface area contributed by atoms with E-state index in [1.165, 1.54) is 18.1 Å². The second-order valence-electron chi connectivity index (χ2n) is 5.15. The molecule has 0 unspecified atom stereocenters. The summed E-state index contributed by atoms with van der Waals surface area (Å²) in [6.07, 6.45) is 1.70. The number of benzene rings is 2. The molecular weight excluding hydrogens is 294 g/mol. The third-order valence-electron chi connectivity index (χ3n) is 3.63. The van der Waals surface area contributed by atoms with Crippen molar-refractivity contribution in [2.24, 2.45) is 0 Å². The summed E-state index contributed by atoms with van der Waals surface area (Å²) in [4.78, 5) is 25.8. The van der Waals surface area contributed by atoms with Crippen molar-refractivity contribution in [1.29, 1.82) is 0 Å². The van der Waals surface area contributed by atoms with E-state index in [0.29, 0.717) is 22.6 Å². The predicted octanol–water partition coefficient (Wildman–Crippen LogP) is 2.75. The Balaban J connectivity index is 1.93. The van der Waals surface area contributed by atoms with Crippen LogP contribution in [-0.2, 0) is 9.59 Å². The van der Waals surface area contributed by atoms with Gasteiger partial charge >= 0.3 is 0 Å². The van der Waals surface area contributed by atoms with Gasteiger partial charge in [0, 0.05) is 5.57 Å². The molecule has 0 radical (unpaired) electrons. The zero-order valence-electron chi connectivity index (χ0n) is 12.5. The summed E-state index contributed by atoms with van der Waals surface area (Å²) in [5.41, 5.74) is 1.66. The third kappa shape index (κ3) is 2.81. The Morgan fingerprint density at radius 3 is 2.57 bits per heavy atom. The van der Waals surface area contributed by atoms with Gasteiger partial charge in [0.1, 0.15) is 0 Å². The fraction of sp³-hybridized carbons (Fsp3) is 0.111. The van der Waals surface area contributed by atoms with Gasteiger partial charge in [-0.2, -0.15) is 0 Å². The van der Waals surface area contributed by atoms with E-state index < -0.39 is 0 Å². The highest BCUT2D eigenvalue weighted by Gasteiger charge is 2.34. The normalized spacial score (nSPS) is 16.2. The van der Waals surface area contributed by atoms with Crippen LogP contribution in [-0.4, -0.2) is 24.0 Å². The Labute approximate surface area is 133 Å². The molecule has 0 atom stereocenters. The summed E-state index contributed by atoms with van der Waals surface area (Å²) in [5.74, 6) is -0.239. The van der Waals surface area contributed by atoms with Crippen molar-refractivity contribution in [2.45, 2.75) is 6.42 Å². The number of carbonyl (C=O) groups excluding carboxylic acids is 2. The van der Waals surface area contributed by atoms with Crippen molar-refractivity contribution in [3.63, 3.8) is 0 Å². The minimum absolute atomic E-state index is 0.0226. The SMILES string of the molecule is COc1cc(C=C2CC(=O)N(c3ccccc3)C2=O)ccc1O. The van der Waals surface area contributed by atoms with E-state index in [4.69, 9.17) is 4.74 Å². The summed E-state index contributed by atoms with van der Waals surface area (Å²) >= 11 is 0. The van der Waals surface area contributed by atoms with E-state index in [1.54, 1.807) is 42.5 Å². The van der Waals surface area contributed by atoms with Crippen LogP contribution in [0.5, 0.6) is 11.5 Å². The number of amides is 2. The highest BCUT2D eigenvalue weighted by Crippen LogP contribution is 2.30. The van der Waals surface area contributed by atoms with Gasteiger partial charge in [0.05, 0.1) is 19.2 Å². The van der Waals surface area contributed by atoms with Crippen LogP contribution in [0, 0.1) is 0 Å². The first kappa shape index (κ1) is 14.8. The summed E-state index contributed by atoms with van der Waals surface area (Å²) in [7, 11) is 1.45. The second-order valence-corrected chi connectivity index (χ2v) is 5.15. The molecule has 116 valence electrons. The molecule has 5 nitrogen and oxygen atoms in total. The molecule has 23 heavy (non-hydrogen) atoms. The van der Waals surface area contributed by atoms with Gasteiger partial charge < -0.3 is 9.84 Å². The van der Waals surface area contributed by atoms with Gasteiger partial charge in [-0.1, -0.05) is 24.3 Å². The van der Waals surface area contributed by atoms with Crippen LogP contribution in [0.25, 0.3) is 6.08 Å². The van der Waals surface area contributed by atoms with Crippen LogP contribution in [0.15, 0.2) is 54.1 Å². The number of phenolic OH excluding ortho intramolecular Hbond substituents is 1. The number of aromatic hydroxyl groups is 1. The molecule has 2 aromatic carbocycles. The van der Waals surface area contributed by atoms with Gasteiger partial charge in [-0.15, -0.1) is 0 Å². The Bertz CT molecular complexity index is 796. The zero-order chi connectivity index (χ0) is 16.4. The molecular formula is C18H15NO4. The maximum absolute atomic E-state index is 12.5. The minimum Gasteiger partial charge on any atom is -0.504 e. The lowest BCUT2D eigenvalue weighted by molar-refractivity contribution is -0.120. The van der Waals surface area contributed by atoms with Gasteiger partial charge in [0.25, 0.3) is 5.91 Å². The average molecular weight is 309 g/mol. The standard InChI is InChI=1S/C18H15NO4/c1-23-16-10-12(7-8-15(16)20)9-13-11-17(21)19(18(13)22)14-5-3-2-4-6-14/h2-10,20H,11H2,1H3. The number of carbonyl (C=O) groups is 2. The summed E-state index contributed by atoms with van der Waals surface area (Å²) in [5, 5.41) is 9.61. The molecule has 1 saturated heterocycles. The lowest BCUT2D eigenvalue weighted by atomic mass is 10.1. The van der Waals surface area contributed by atoms with Crippen molar-refractivity contribution < 1.29 is 19.4 Å². The molecule has 0 spiro atoms. The van der Waals surface area contributed by atoms with Crippen LogP contribution in [0.4, 0.5) is 5.69 Å². The largest absolute Gasteiger partial charge is 0.504 e. The number of rotatable bonds is 3. The van der Waals surface area contributed by atoms with E-state index >= 15 is 0 Å². The molecule has 2 aromatic rings. The molecule has 0 bridgehead atoms. The second kappa shape index (κ2) is 5.96. The highest BCUT2D eigenvalue weighted by atomic mass is 16.5. The van der Waals surface area contributed by atoms with E-state index in [0.717, 1.165) is 0 Å². The van der Waals surface area contributed by atoms with E-state index in [9.17, 15) is 14.7 Å². The number of anilines is 1. The van der Waals surface area contributed by atoms with Crippen LogP contribution >= 0.6 is 0 Å². The Hall–Kier alpha value is -3.08. The van der Waals surface area contributed by atoms with Gasteiger partial charge in [-0.05, 0) is 35.9 Å². The van der Waals surface area contributed by atoms with Crippen LogP contribution in [0.1, 0.15) is 12.0 Å². The number of phenols is 1. The minimum atomic E-state index is -0.326. The summed E-state index contributed by atoms with van der Waals surface area (Å²) < 4.78 is 5.05. The van der Waals surface area contributed by atoms with Gasteiger partial charge in [0.15, 0.2) is 11.5 Å². The fourth-order valence-corrected chi connectivity index (χ4v) is 2.51. The van der Waals surface area contributed by atoms with Crippen LogP contribution < -0.4 is 9.64 Å². The van der Waals surface area contributed by atoms with Gasteiger partial charge in [0.2, 0.25) is 5.91 Å². The maximum atomic E-state index is 12.5. The first-order chi connectivity index (χ1) is 11.1. The van der Waals surface area contributed by atoms with E-state index in [-0.39, 0.29) is 24.0 Å². The molecule has 5 heteroatoms. The maximum Gasteiger partial charge on any atom is 0.261 e. The summed E-state index contributed by atoms with van der Waals surface area (Å²) in [6.45, 7) is 0. The monoisotopic (exact) mass is 309 g/mol. The molecule has 1 N–H and O–H groups in total. The number of hydrogen-bond donors (Lipinski definition) is 1. The molecule has 1 aliphatic heterocycles. The Morgan fingerprint density at radius 2 is 1.87 bits per heavy atom. The highest BCUT2D eigenvalue weighted by molar-refractivity contribution is 6.29. The van der Waals surface area contributed by atoms with Crippen molar-refractivity contribution >= 4 is 23.6 Å². The number of hydrogen-bond acceptors (Lipinski definition) is 4. The molecule has 0 aromatic heterocycles. The lowest BCUT2D eigenvalue weighted by Gasteiger charge is -2.12. The van der Waals surface area contributed by atoms with Crippen molar-refractivity contribution in [3.05, 3.63) is 59.7 Å². The molecule has 3 rings (SSSR count). The first-order valence-electron chi connectivity index (χ1n) is 7.10. The molecule has 2 amide bonds. The number of imide groups is 1. The zero-order valence-corrected chi connectivity index (χ0v) is 12.5. The van der Waals surface area contributed by atoms with Crippen molar-refractivity contribution in [3.8, 4) is 11.5 Å². The third-order valence-corrected chi connectivity index (χ3v) is 3.63. The van der Waals surface area contributed by atoms with E-state index in [1.807, 2.05) is 6.07 Å². The van der Waals surface area contributed by atoms with Crippen molar-refractivity contribution in [1.82, 2.24) is 0 Å². The number of para-hydroxylation sites is 1. The molecule has 1 fully saturated rings. The van der Waals surface area contributed by atoms with Crippen LogP contribution in [0.2, 0.25) is 0 Å². The average Bonchev–Trinajstić information content (AvgIpc) is 2.84. The quantitative estimate of drug-likeness (QED) is 0.699. The number of methoxy groups -OCH3 is 1. The molecule has 0 aliphatic carbocycles.